The number of piperidine rings is 1. The molecule has 0 bridgehead atoms. The van der Waals surface area contributed by atoms with Gasteiger partial charge in [-0.1, -0.05) is 6.07 Å². The Bertz CT molecular complexity index is 937. The van der Waals surface area contributed by atoms with Gasteiger partial charge in [-0.3, -0.25) is 9.30 Å². The maximum absolute atomic E-state index is 10.3. The molecule has 0 amide bonds. The Morgan fingerprint density at radius 3 is 2.96 bits per heavy atom. The Labute approximate surface area is 158 Å². The number of aromatic nitrogens is 3. The van der Waals surface area contributed by atoms with Crippen molar-refractivity contribution in [1.29, 1.82) is 0 Å². The Kier molecular flexibility index (Phi) is 4.96. The number of phenolic OH excluding ortho intramolecular Hbond substituents is 1. The van der Waals surface area contributed by atoms with E-state index in [0.717, 1.165) is 42.8 Å². The largest absolute Gasteiger partial charge is 0.507 e. The molecular formula is C20H25N5O2. The first-order valence-corrected chi connectivity index (χ1v) is 9.39. The number of nitrogens with one attached hydrogen (secondary N) is 1. The Morgan fingerprint density at radius 1 is 1.26 bits per heavy atom. The number of hydrogen-bond acceptors (Lipinski definition) is 6. The van der Waals surface area contributed by atoms with Gasteiger partial charge < -0.3 is 15.5 Å². The second-order valence-electron chi connectivity index (χ2n) is 7.16. The fourth-order valence-corrected chi connectivity index (χ4v) is 3.78. The third-order valence-corrected chi connectivity index (χ3v) is 5.12. The number of phenols is 1. The molecule has 0 spiro atoms. The molecule has 1 aliphatic rings. The van der Waals surface area contributed by atoms with Gasteiger partial charge >= 0.3 is 0 Å². The van der Waals surface area contributed by atoms with Crippen LogP contribution >= 0.6 is 0 Å². The molecule has 0 radical (unpaired) electrons. The van der Waals surface area contributed by atoms with Gasteiger partial charge in [0, 0.05) is 25.3 Å². The lowest BCUT2D eigenvalue weighted by Crippen LogP contribution is -2.43. The van der Waals surface area contributed by atoms with Crippen molar-refractivity contribution in [1.82, 2.24) is 19.5 Å². The number of fused-ring (bicyclic) bond motifs is 1. The standard InChI is InChI=1S/C20H25N5O2/c1-14-6-7-16(18(27)12-14)20-23-22-19(17-5-3-9-25(17)20)21-15-4-2-8-24(13-15)10-11-26/h3,5-7,9,12,15,26-27H,2,4,8,10-11,13H2,1H3,(H,21,22)/t15-/m1/s1. The highest BCUT2D eigenvalue weighted by Gasteiger charge is 2.21. The van der Waals surface area contributed by atoms with Crippen LogP contribution in [0.4, 0.5) is 5.82 Å². The predicted octanol–water partition coefficient (Wildman–Crippen LogP) is 2.28. The van der Waals surface area contributed by atoms with Gasteiger partial charge in [-0.15, -0.1) is 10.2 Å². The second-order valence-corrected chi connectivity index (χ2v) is 7.16. The first-order valence-electron chi connectivity index (χ1n) is 9.39. The van der Waals surface area contributed by atoms with E-state index in [9.17, 15) is 10.2 Å². The van der Waals surface area contributed by atoms with Crippen LogP contribution < -0.4 is 5.32 Å². The lowest BCUT2D eigenvalue weighted by molar-refractivity contribution is 0.166. The van der Waals surface area contributed by atoms with E-state index in [-0.39, 0.29) is 18.4 Å². The molecule has 3 N–H and O–H groups in total. The zero-order valence-electron chi connectivity index (χ0n) is 15.5. The monoisotopic (exact) mass is 367 g/mol. The summed E-state index contributed by atoms with van der Waals surface area (Å²) in [7, 11) is 0. The summed E-state index contributed by atoms with van der Waals surface area (Å²) in [5.74, 6) is 1.56. The molecule has 1 fully saturated rings. The molecule has 2 aromatic heterocycles. The number of aryl methyl sites for hydroxylation is 1. The van der Waals surface area contributed by atoms with E-state index in [4.69, 9.17) is 0 Å². The highest BCUT2D eigenvalue weighted by molar-refractivity contribution is 5.74. The SMILES string of the molecule is Cc1ccc(-c2nnc(N[C@@H]3CCCN(CCO)C3)c3cccn23)c(O)c1. The lowest BCUT2D eigenvalue weighted by atomic mass is 10.1. The van der Waals surface area contributed by atoms with Crippen LogP contribution in [0, 0.1) is 6.92 Å². The summed E-state index contributed by atoms with van der Waals surface area (Å²) in [5, 5.41) is 31.8. The summed E-state index contributed by atoms with van der Waals surface area (Å²) < 4.78 is 1.95. The summed E-state index contributed by atoms with van der Waals surface area (Å²) in [5.41, 5.74) is 2.59. The number of likely N-dealkylation sites (tertiary alicyclic amines) is 1. The smallest absolute Gasteiger partial charge is 0.173 e. The van der Waals surface area contributed by atoms with Crippen molar-refractivity contribution >= 4 is 11.3 Å². The molecule has 142 valence electrons. The van der Waals surface area contributed by atoms with Crippen molar-refractivity contribution in [3.8, 4) is 17.1 Å². The quantitative estimate of drug-likeness (QED) is 0.641. The van der Waals surface area contributed by atoms with E-state index < -0.39 is 0 Å². The number of anilines is 1. The van der Waals surface area contributed by atoms with Gasteiger partial charge in [-0.2, -0.15) is 0 Å². The minimum Gasteiger partial charge on any atom is -0.507 e. The Balaban J connectivity index is 1.63. The number of β-amino-alcohol motifs (C(OH)–C–C–N with tert-alkyl or cyclic N) is 1. The predicted molar refractivity (Wildman–Crippen MR) is 105 cm³/mol. The number of nitrogens with zero attached hydrogens (tertiary/aromatic N) is 4. The lowest BCUT2D eigenvalue weighted by Gasteiger charge is -2.32. The van der Waals surface area contributed by atoms with Crippen molar-refractivity contribution < 1.29 is 10.2 Å². The van der Waals surface area contributed by atoms with Crippen molar-refractivity contribution in [2.75, 3.05) is 31.6 Å². The molecule has 1 saturated heterocycles. The minimum atomic E-state index is 0.185. The van der Waals surface area contributed by atoms with Crippen molar-refractivity contribution in [2.45, 2.75) is 25.8 Å². The zero-order valence-corrected chi connectivity index (χ0v) is 15.5. The van der Waals surface area contributed by atoms with Crippen LogP contribution in [0.15, 0.2) is 36.5 Å². The molecule has 7 heteroatoms. The van der Waals surface area contributed by atoms with Gasteiger partial charge in [-0.25, -0.2) is 0 Å². The molecule has 0 unspecified atom stereocenters. The molecular weight excluding hydrogens is 342 g/mol. The van der Waals surface area contributed by atoms with E-state index >= 15 is 0 Å². The molecule has 4 rings (SSSR count). The zero-order chi connectivity index (χ0) is 18.8. The highest BCUT2D eigenvalue weighted by atomic mass is 16.3. The second kappa shape index (κ2) is 7.54. The fourth-order valence-electron chi connectivity index (χ4n) is 3.78. The molecule has 1 aliphatic heterocycles. The topological polar surface area (TPSA) is 85.9 Å². The number of aliphatic hydroxyl groups is 1. The number of aromatic hydroxyl groups is 1. The number of aliphatic hydroxyl groups excluding tert-OH is 1. The molecule has 0 aliphatic carbocycles. The molecule has 3 heterocycles. The van der Waals surface area contributed by atoms with E-state index in [1.54, 1.807) is 6.07 Å². The van der Waals surface area contributed by atoms with Crippen molar-refractivity contribution in [3.63, 3.8) is 0 Å². The summed E-state index contributed by atoms with van der Waals surface area (Å²) in [4.78, 5) is 2.27. The van der Waals surface area contributed by atoms with Gasteiger partial charge in [0.05, 0.1) is 17.7 Å². The summed E-state index contributed by atoms with van der Waals surface area (Å²) in [6.45, 7) is 4.74. The molecule has 27 heavy (non-hydrogen) atoms. The van der Waals surface area contributed by atoms with Gasteiger partial charge in [0.25, 0.3) is 0 Å². The molecule has 1 atom stereocenters. The van der Waals surface area contributed by atoms with Gasteiger partial charge in [0.2, 0.25) is 0 Å². The van der Waals surface area contributed by atoms with Gasteiger partial charge in [-0.05, 0) is 56.1 Å². The van der Waals surface area contributed by atoms with Crippen LogP contribution in [0.1, 0.15) is 18.4 Å². The summed E-state index contributed by atoms with van der Waals surface area (Å²) in [6.07, 6.45) is 4.09. The molecule has 3 aromatic rings. The number of benzene rings is 1. The van der Waals surface area contributed by atoms with Crippen LogP contribution in [0.25, 0.3) is 16.9 Å². The van der Waals surface area contributed by atoms with E-state index in [1.165, 1.54) is 0 Å². The maximum atomic E-state index is 10.3. The molecule has 1 aromatic carbocycles. The number of hydrogen-bond donors (Lipinski definition) is 3. The average Bonchev–Trinajstić information content (AvgIpc) is 3.14. The van der Waals surface area contributed by atoms with E-state index in [2.05, 4.69) is 20.4 Å². The summed E-state index contributed by atoms with van der Waals surface area (Å²) in [6, 6.07) is 9.79. The van der Waals surface area contributed by atoms with Crippen LogP contribution in [0.5, 0.6) is 5.75 Å². The first kappa shape index (κ1) is 17.8. The number of rotatable bonds is 5. The first-order chi connectivity index (χ1) is 13.2. The molecule has 0 saturated carbocycles. The summed E-state index contributed by atoms with van der Waals surface area (Å²) >= 11 is 0. The highest BCUT2D eigenvalue weighted by Crippen LogP contribution is 2.30. The van der Waals surface area contributed by atoms with Crippen LogP contribution in [-0.2, 0) is 0 Å². The van der Waals surface area contributed by atoms with Gasteiger partial charge in [0.15, 0.2) is 11.6 Å². The normalized spacial score (nSPS) is 18.1. The van der Waals surface area contributed by atoms with E-state index in [0.29, 0.717) is 17.9 Å². The third kappa shape index (κ3) is 3.61. The third-order valence-electron chi connectivity index (χ3n) is 5.12. The van der Waals surface area contributed by atoms with Crippen LogP contribution in [0.3, 0.4) is 0 Å². The average molecular weight is 367 g/mol. The Morgan fingerprint density at radius 2 is 2.15 bits per heavy atom. The Hall–Kier alpha value is -2.64. The van der Waals surface area contributed by atoms with Crippen molar-refractivity contribution in [2.24, 2.45) is 0 Å². The van der Waals surface area contributed by atoms with E-state index in [1.807, 2.05) is 41.8 Å². The van der Waals surface area contributed by atoms with Crippen LogP contribution in [0.2, 0.25) is 0 Å². The van der Waals surface area contributed by atoms with Crippen molar-refractivity contribution in [3.05, 3.63) is 42.1 Å². The molecule has 7 nitrogen and oxygen atoms in total. The van der Waals surface area contributed by atoms with Gasteiger partial charge in [0.1, 0.15) is 5.75 Å². The fraction of sp³-hybridized carbons (Fsp3) is 0.400. The van der Waals surface area contributed by atoms with Crippen LogP contribution in [-0.4, -0.2) is 62.0 Å². The minimum absolute atomic E-state index is 0.185. The maximum Gasteiger partial charge on any atom is 0.173 e.